The van der Waals surface area contributed by atoms with E-state index in [2.05, 4.69) is 27.6 Å². The van der Waals surface area contributed by atoms with Crippen LogP contribution in [0.15, 0.2) is 76.1 Å². The molecule has 1 saturated heterocycles. The summed E-state index contributed by atoms with van der Waals surface area (Å²) in [6.45, 7) is 1.14. The van der Waals surface area contributed by atoms with Crippen LogP contribution < -0.4 is 15.8 Å². The lowest BCUT2D eigenvalue weighted by Gasteiger charge is -2.16. The van der Waals surface area contributed by atoms with Crippen LogP contribution in [0.25, 0.3) is 32.0 Å². The van der Waals surface area contributed by atoms with Crippen molar-refractivity contribution in [3.05, 3.63) is 111 Å². The van der Waals surface area contributed by atoms with Crippen molar-refractivity contribution in [3.63, 3.8) is 0 Å². The minimum absolute atomic E-state index is 0.0688. The van der Waals surface area contributed by atoms with Crippen LogP contribution in [0.1, 0.15) is 57.8 Å². The number of hydrogen-bond acceptors (Lipinski definition) is 9. The number of benzene rings is 2. The highest BCUT2D eigenvalue weighted by molar-refractivity contribution is 7.23. The second-order valence-corrected chi connectivity index (χ2v) is 13.1. The van der Waals surface area contributed by atoms with Crippen molar-refractivity contribution in [2.75, 3.05) is 18.5 Å². The van der Waals surface area contributed by atoms with Crippen LogP contribution in [-0.4, -0.2) is 44.1 Å². The summed E-state index contributed by atoms with van der Waals surface area (Å²) in [6.07, 6.45) is 4.52. The summed E-state index contributed by atoms with van der Waals surface area (Å²) >= 11 is 1.51. The minimum Gasteiger partial charge on any atom is -0.491 e. The number of nitrogens with one attached hydrogen (secondary N) is 2. The molecule has 3 aliphatic rings. The van der Waals surface area contributed by atoms with Crippen molar-refractivity contribution in [1.29, 1.82) is 0 Å². The minimum atomic E-state index is -0.700. The van der Waals surface area contributed by atoms with Crippen LogP contribution in [0.4, 0.5) is 10.2 Å². The molecule has 1 amide bonds. The molecule has 12 heteroatoms. The van der Waals surface area contributed by atoms with Gasteiger partial charge in [0.05, 0.1) is 39.3 Å². The van der Waals surface area contributed by atoms with E-state index in [1.807, 2.05) is 29.2 Å². The fraction of sp³-hybridized carbons (Fsp3) is 0.229. The lowest BCUT2D eigenvalue weighted by Crippen LogP contribution is -2.22. The first-order valence-corrected chi connectivity index (χ1v) is 16.4. The quantitative estimate of drug-likeness (QED) is 0.202. The number of rotatable bonds is 7. The van der Waals surface area contributed by atoms with Gasteiger partial charge in [0.2, 0.25) is 0 Å². The summed E-state index contributed by atoms with van der Waals surface area (Å²) in [5, 5.41) is 11.2. The van der Waals surface area contributed by atoms with Crippen molar-refractivity contribution in [1.82, 2.24) is 25.1 Å². The lowest BCUT2D eigenvalue weighted by molar-refractivity contribution is 0.0776. The number of H-pyrrole nitrogens is 1. The molecule has 2 N–H and O–H groups in total. The Kier molecular flexibility index (Phi) is 6.46. The Labute approximate surface area is 271 Å². The number of aromatic amines is 1. The van der Waals surface area contributed by atoms with Crippen LogP contribution in [0, 0.1) is 5.82 Å². The van der Waals surface area contributed by atoms with Gasteiger partial charge in [0.15, 0.2) is 0 Å². The summed E-state index contributed by atoms with van der Waals surface area (Å²) in [5.41, 5.74) is 5.09. The molecular formula is C35H27FN6O4S. The highest BCUT2D eigenvalue weighted by atomic mass is 32.1. The Morgan fingerprint density at radius 1 is 1.04 bits per heavy atom. The zero-order valence-electron chi connectivity index (χ0n) is 25.0. The fourth-order valence-electron chi connectivity index (χ4n) is 7.10. The topological polar surface area (TPSA) is 126 Å². The molecule has 6 aromatic rings. The molecule has 4 aromatic heterocycles. The molecule has 3 aliphatic heterocycles. The van der Waals surface area contributed by atoms with Gasteiger partial charge in [0, 0.05) is 28.7 Å². The number of halogens is 1. The second-order valence-electron chi connectivity index (χ2n) is 12.0. The van der Waals surface area contributed by atoms with Crippen molar-refractivity contribution in [2.45, 2.75) is 37.8 Å². The number of aryl methyl sites for hydroxylation is 2. The van der Waals surface area contributed by atoms with Crippen molar-refractivity contribution < 1.29 is 18.3 Å². The van der Waals surface area contributed by atoms with Gasteiger partial charge in [-0.2, -0.15) is 0 Å². The van der Waals surface area contributed by atoms with Gasteiger partial charge in [-0.3, -0.25) is 9.78 Å². The number of hydrogen-bond donors (Lipinski definition) is 2. The fourth-order valence-corrected chi connectivity index (χ4v) is 8.26. The number of anilines is 1. The van der Waals surface area contributed by atoms with Crippen molar-refractivity contribution in [2.24, 2.45) is 0 Å². The van der Waals surface area contributed by atoms with Crippen LogP contribution >= 0.6 is 11.3 Å². The van der Waals surface area contributed by atoms with Gasteiger partial charge in [-0.25, -0.2) is 19.3 Å². The Morgan fingerprint density at radius 2 is 1.91 bits per heavy atom. The van der Waals surface area contributed by atoms with Crippen LogP contribution in [0.2, 0.25) is 0 Å². The third kappa shape index (κ3) is 4.62. The summed E-state index contributed by atoms with van der Waals surface area (Å²) in [7, 11) is 0. The zero-order valence-corrected chi connectivity index (χ0v) is 25.8. The Balaban J connectivity index is 1.22. The standard InChI is InChI=1S/C35H27FN6O4S/c36-20-10-7-18(8-11-20)9-12-22-27(33-40-41-35(44)46-33)28(29-30(38-22)24-5-3-15-42(24)34(29)43)26-16-19-13-14-37-32(31(19)47-26)39-23-17-45-25-6-2-1-4-21(23)25/h1-2,4,6-8,10-11,13-14,16,23-24H,3,5,9,12,15,17H2,(H,37,39)(H,41,44)/t23-,24-/m0/s1. The molecule has 1 fully saturated rings. The Bertz CT molecular complexity index is 2260. The number of nitrogens with zero attached hydrogens (tertiary/aromatic N) is 4. The van der Waals surface area contributed by atoms with E-state index in [-0.39, 0.29) is 29.7 Å². The first-order chi connectivity index (χ1) is 23.0. The van der Waals surface area contributed by atoms with Crippen LogP contribution in [0.3, 0.4) is 0 Å². The van der Waals surface area contributed by atoms with E-state index in [4.69, 9.17) is 19.1 Å². The number of carbonyl (C=O) groups excluding carboxylic acids is 1. The number of ether oxygens (including phenoxy) is 1. The van der Waals surface area contributed by atoms with Crippen LogP contribution in [0.5, 0.6) is 5.75 Å². The summed E-state index contributed by atoms with van der Waals surface area (Å²) in [4.78, 5) is 38.9. The third-order valence-electron chi connectivity index (χ3n) is 9.25. The Morgan fingerprint density at radius 3 is 2.77 bits per heavy atom. The van der Waals surface area contributed by atoms with E-state index in [1.54, 1.807) is 18.3 Å². The molecule has 2 aromatic carbocycles. The number of pyridine rings is 2. The molecule has 0 saturated carbocycles. The molecule has 0 radical (unpaired) electrons. The molecular weight excluding hydrogens is 619 g/mol. The van der Waals surface area contributed by atoms with E-state index in [1.165, 1.54) is 23.5 Å². The number of amides is 1. The molecule has 0 spiro atoms. The molecule has 0 bridgehead atoms. The lowest BCUT2D eigenvalue weighted by atomic mass is 9.93. The van der Waals surface area contributed by atoms with Crippen molar-refractivity contribution in [3.8, 4) is 27.6 Å². The molecule has 7 heterocycles. The number of para-hydroxylation sites is 1. The molecule has 10 nitrogen and oxygen atoms in total. The van der Waals surface area contributed by atoms with Gasteiger partial charge in [0.1, 0.15) is 24.0 Å². The summed E-state index contributed by atoms with van der Waals surface area (Å²) in [5.74, 6) is 0.558. The average Bonchev–Trinajstić information content (AvgIpc) is 3.92. The highest BCUT2D eigenvalue weighted by Gasteiger charge is 2.45. The number of carbonyl (C=O) groups is 1. The first-order valence-electron chi connectivity index (χ1n) is 15.6. The van der Waals surface area contributed by atoms with Crippen LogP contribution in [-0.2, 0) is 12.8 Å². The molecule has 0 unspecified atom stereocenters. The smallest absolute Gasteiger partial charge is 0.434 e. The zero-order chi connectivity index (χ0) is 31.6. The van der Waals surface area contributed by atoms with Gasteiger partial charge in [0.25, 0.3) is 11.8 Å². The highest BCUT2D eigenvalue weighted by Crippen LogP contribution is 2.50. The maximum absolute atomic E-state index is 14.1. The van der Waals surface area contributed by atoms with Gasteiger partial charge in [-0.05, 0) is 67.0 Å². The number of aromatic nitrogens is 4. The van der Waals surface area contributed by atoms with Gasteiger partial charge in [-0.15, -0.1) is 16.4 Å². The SMILES string of the molecule is O=C1c2c(nc(CCc3ccc(F)cc3)c(-c3n[nH]c(=O)o3)c2-c2cc3ccnc(N[C@H]4COc5ccccc54)c3s2)[C@@H]2CCCN12. The molecule has 2 atom stereocenters. The van der Waals surface area contributed by atoms with Gasteiger partial charge < -0.3 is 19.4 Å². The molecule has 9 rings (SSSR count). The third-order valence-corrected chi connectivity index (χ3v) is 10.4. The van der Waals surface area contributed by atoms with E-state index in [0.717, 1.165) is 50.4 Å². The maximum atomic E-state index is 14.1. The average molecular weight is 647 g/mol. The number of thiophene rings is 1. The van der Waals surface area contributed by atoms with Crippen molar-refractivity contribution >= 4 is 33.1 Å². The second kappa shape index (κ2) is 10.9. The molecule has 234 valence electrons. The summed E-state index contributed by atoms with van der Waals surface area (Å²) in [6, 6.07) is 18.2. The normalized spacial score (nSPS) is 18.0. The van der Waals surface area contributed by atoms with Gasteiger partial charge in [-0.1, -0.05) is 30.3 Å². The first kappa shape index (κ1) is 27.9. The van der Waals surface area contributed by atoms with Gasteiger partial charge >= 0.3 is 5.76 Å². The molecule has 0 aliphatic carbocycles. The van der Waals surface area contributed by atoms with E-state index < -0.39 is 5.76 Å². The van der Waals surface area contributed by atoms with E-state index in [9.17, 15) is 14.0 Å². The van der Waals surface area contributed by atoms with E-state index in [0.29, 0.717) is 54.2 Å². The Hall–Kier alpha value is -5.36. The maximum Gasteiger partial charge on any atom is 0.434 e. The summed E-state index contributed by atoms with van der Waals surface area (Å²) < 4.78 is 26.1. The number of fused-ring (bicyclic) bond motifs is 5. The predicted molar refractivity (Wildman–Crippen MR) is 174 cm³/mol. The van der Waals surface area contributed by atoms with E-state index >= 15 is 0 Å². The monoisotopic (exact) mass is 646 g/mol. The molecule has 47 heavy (non-hydrogen) atoms. The predicted octanol–water partition coefficient (Wildman–Crippen LogP) is 6.46. The largest absolute Gasteiger partial charge is 0.491 e.